The number of nitrogens with zero attached hydrogens (tertiary/aromatic N) is 7. The van der Waals surface area contributed by atoms with E-state index in [1.54, 1.807) is 6.20 Å². The number of likely N-dealkylation sites (tertiary alicyclic amines) is 1. The van der Waals surface area contributed by atoms with Crippen LogP contribution in [0.2, 0.25) is 0 Å². The highest BCUT2D eigenvalue weighted by molar-refractivity contribution is 5.96. The second-order valence-electron chi connectivity index (χ2n) is 8.59. The van der Waals surface area contributed by atoms with Crippen LogP contribution in [0.3, 0.4) is 0 Å². The first-order chi connectivity index (χ1) is 15.7. The van der Waals surface area contributed by atoms with Gasteiger partial charge in [-0.25, -0.2) is 15.0 Å². The van der Waals surface area contributed by atoms with E-state index in [0.717, 1.165) is 31.0 Å². The first kappa shape index (κ1) is 21.3. The number of hydrogen-bond donors (Lipinski definition) is 1. The number of hydrogen-bond acceptors (Lipinski definition) is 7. The lowest BCUT2D eigenvalue weighted by atomic mass is 9.96. The summed E-state index contributed by atoms with van der Waals surface area (Å²) in [6.45, 7) is 2.83. The molecule has 1 aliphatic heterocycles. The minimum absolute atomic E-state index is 0.218. The van der Waals surface area contributed by atoms with Crippen LogP contribution >= 0.6 is 0 Å². The van der Waals surface area contributed by atoms with Crippen molar-refractivity contribution in [3.63, 3.8) is 0 Å². The third kappa shape index (κ3) is 3.89. The topological polar surface area (TPSA) is 102 Å². The Morgan fingerprint density at radius 1 is 1.18 bits per heavy atom. The van der Waals surface area contributed by atoms with Crippen molar-refractivity contribution < 1.29 is 18.0 Å². The summed E-state index contributed by atoms with van der Waals surface area (Å²) in [5.41, 5.74) is 0.115. The minimum Gasteiger partial charge on any atom is -0.366 e. The summed E-state index contributed by atoms with van der Waals surface area (Å²) in [7, 11) is 0. The molecular weight excluding hydrogens is 437 g/mol. The van der Waals surface area contributed by atoms with Crippen LogP contribution in [0.15, 0.2) is 37.1 Å². The van der Waals surface area contributed by atoms with Gasteiger partial charge in [0, 0.05) is 19.3 Å². The molecule has 3 aromatic heterocycles. The lowest BCUT2D eigenvalue weighted by Crippen LogP contribution is -2.52. The largest absolute Gasteiger partial charge is 0.434 e. The number of fused-ring (bicyclic) bond motifs is 2. The predicted molar refractivity (Wildman–Crippen MR) is 111 cm³/mol. The Morgan fingerprint density at radius 2 is 1.97 bits per heavy atom. The lowest BCUT2D eigenvalue weighted by molar-refractivity contribution is -0.141. The number of alkyl halides is 3. The molecule has 0 radical (unpaired) electrons. The summed E-state index contributed by atoms with van der Waals surface area (Å²) < 4.78 is 38.2. The van der Waals surface area contributed by atoms with Crippen LogP contribution in [0.5, 0.6) is 0 Å². The fourth-order valence-corrected chi connectivity index (χ4v) is 4.78. The zero-order valence-corrected chi connectivity index (χ0v) is 17.7. The molecule has 1 saturated carbocycles. The van der Waals surface area contributed by atoms with Crippen molar-refractivity contribution in [1.29, 1.82) is 0 Å². The summed E-state index contributed by atoms with van der Waals surface area (Å²) in [6, 6.07) is 1.82. The van der Waals surface area contributed by atoms with E-state index in [-0.39, 0.29) is 17.4 Å². The Morgan fingerprint density at radius 3 is 2.64 bits per heavy atom. The van der Waals surface area contributed by atoms with Gasteiger partial charge >= 0.3 is 6.18 Å². The summed E-state index contributed by atoms with van der Waals surface area (Å²) in [5.74, 6) is 0.381. The van der Waals surface area contributed by atoms with Crippen LogP contribution in [0.1, 0.15) is 41.0 Å². The highest BCUT2D eigenvalue weighted by Gasteiger charge is 2.53. The van der Waals surface area contributed by atoms with Crippen molar-refractivity contribution in [3.8, 4) is 5.69 Å². The monoisotopic (exact) mass is 458 g/mol. The highest BCUT2D eigenvalue weighted by atomic mass is 19.4. The number of rotatable bonds is 5. The van der Waals surface area contributed by atoms with E-state index in [4.69, 9.17) is 0 Å². The zero-order valence-electron chi connectivity index (χ0n) is 17.7. The number of aryl methyl sites for hydroxylation is 1. The van der Waals surface area contributed by atoms with Gasteiger partial charge in [-0.15, -0.1) is 4.80 Å². The molecule has 3 aromatic rings. The fraction of sp³-hybridized carbons (Fsp3) is 0.429. The van der Waals surface area contributed by atoms with Crippen LogP contribution in [-0.2, 0) is 6.18 Å². The lowest BCUT2D eigenvalue weighted by Gasteiger charge is -2.39. The summed E-state index contributed by atoms with van der Waals surface area (Å²) >= 11 is 0. The molecule has 2 atom stereocenters. The molecule has 33 heavy (non-hydrogen) atoms. The van der Waals surface area contributed by atoms with Gasteiger partial charge < -0.3 is 10.2 Å². The van der Waals surface area contributed by atoms with Gasteiger partial charge in [0.25, 0.3) is 5.91 Å². The molecule has 2 unspecified atom stereocenters. The molecule has 1 amide bonds. The number of carbonyl (C=O) groups is 1. The molecule has 172 valence electrons. The third-order valence-corrected chi connectivity index (χ3v) is 6.33. The highest BCUT2D eigenvalue weighted by Crippen LogP contribution is 2.47. The normalized spacial score (nSPS) is 22.1. The number of anilines is 1. The van der Waals surface area contributed by atoms with E-state index >= 15 is 0 Å². The SMILES string of the molecule is Cc1cnc(C(=O)N2CC3CCC2(CNc2cnc(C(F)(F)F)cn2)C3)c(-n2nccn2)c1. The van der Waals surface area contributed by atoms with Crippen LogP contribution < -0.4 is 5.32 Å². The number of carbonyl (C=O) groups excluding carboxylic acids is 1. The molecule has 2 fully saturated rings. The molecule has 0 aromatic carbocycles. The van der Waals surface area contributed by atoms with E-state index < -0.39 is 17.4 Å². The molecular formula is C21H21F3N8O. The standard InChI is InChI=1S/C21H21F3N8O/c1-13-6-15(32-29-4-5-30-32)18(27-8-13)19(33)31-11-14-2-3-20(31,7-14)12-28-17-10-25-16(9-26-17)21(22,23)24/h4-6,8-10,14H,2-3,7,11-12H2,1H3,(H,26,28). The molecule has 1 saturated heterocycles. The third-order valence-electron chi connectivity index (χ3n) is 6.33. The second-order valence-corrected chi connectivity index (χ2v) is 8.59. The maximum atomic E-state index is 13.6. The van der Waals surface area contributed by atoms with Gasteiger partial charge in [0.15, 0.2) is 11.4 Å². The Balaban J connectivity index is 1.39. The average Bonchev–Trinajstić information content (AvgIpc) is 3.54. The Labute approximate surface area is 187 Å². The molecule has 4 heterocycles. The summed E-state index contributed by atoms with van der Waals surface area (Å²) in [4.78, 5) is 28.5. The maximum Gasteiger partial charge on any atom is 0.434 e. The van der Waals surface area contributed by atoms with Gasteiger partial charge in [0.1, 0.15) is 11.5 Å². The molecule has 5 rings (SSSR count). The average molecular weight is 458 g/mol. The van der Waals surface area contributed by atoms with Gasteiger partial charge in [-0.3, -0.25) is 4.79 Å². The van der Waals surface area contributed by atoms with E-state index in [1.165, 1.54) is 17.2 Å². The van der Waals surface area contributed by atoms with Crippen molar-refractivity contribution in [1.82, 2.24) is 34.8 Å². The Kier molecular flexibility index (Phi) is 5.02. The predicted octanol–water partition coefficient (Wildman–Crippen LogP) is 2.89. The molecule has 9 nitrogen and oxygen atoms in total. The Hall–Kier alpha value is -3.57. The number of pyridine rings is 1. The first-order valence-electron chi connectivity index (χ1n) is 10.5. The summed E-state index contributed by atoms with van der Waals surface area (Å²) in [5, 5.41) is 11.4. The van der Waals surface area contributed by atoms with Gasteiger partial charge in [-0.05, 0) is 43.7 Å². The number of nitrogens with one attached hydrogen (secondary N) is 1. The van der Waals surface area contributed by atoms with E-state index in [2.05, 4.69) is 30.5 Å². The van der Waals surface area contributed by atoms with E-state index in [9.17, 15) is 18.0 Å². The number of amides is 1. The number of piperidine rings is 1. The van der Waals surface area contributed by atoms with Crippen molar-refractivity contribution in [3.05, 3.63) is 54.0 Å². The van der Waals surface area contributed by atoms with E-state index in [1.807, 2.05) is 17.9 Å². The van der Waals surface area contributed by atoms with Crippen molar-refractivity contribution in [2.45, 2.75) is 37.9 Å². The van der Waals surface area contributed by atoms with Crippen LogP contribution in [-0.4, -0.2) is 59.4 Å². The maximum absolute atomic E-state index is 13.6. The molecule has 0 spiro atoms. The molecule has 1 N–H and O–H groups in total. The molecule has 1 aliphatic carbocycles. The minimum atomic E-state index is -4.54. The smallest absolute Gasteiger partial charge is 0.366 e. The van der Waals surface area contributed by atoms with Gasteiger partial charge in [0.2, 0.25) is 0 Å². The fourth-order valence-electron chi connectivity index (χ4n) is 4.78. The number of halogens is 3. The number of aromatic nitrogens is 6. The van der Waals surface area contributed by atoms with Gasteiger partial charge in [-0.2, -0.15) is 23.4 Å². The van der Waals surface area contributed by atoms with Crippen LogP contribution in [0.4, 0.5) is 19.0 Å². The molecule has 2 aliphatic rings. The zero-order chi connectivity index (χ0) is 23.2. The summed E-state index contributed by atoms with van der Waals surface area (Å²) in [6.07, 6.45) is 4.50. The second kappa shape index (κ2) is 7.78. The van der Waals surface area contributed by atoms with Crippen LogP contribution in [0.25, 0.3) is 5.69 Å². The van der Waals surface area contributed by atoms with E-state index in [0.29, 0.717) is 30.9 Å². The van der Waals surface area contributed by atoms with Crippen molar-refractivity contribution >= 4 is 11.7 Å². The molecule has 12 heteroatoms. The first-order valence-corrected chi connectivity index (χ1v) is 10.5. The van der Waals surface area contributed by atoms with Crippen LogP contribution in [0, 0.1) is 12.8 Å². The van der Waals surface area contributed by atoms with Crippen molar-refractivity contribution in [2.75, 3.05) is 18.4 Å². The van der Waals surface area contributed by atoms with Gasteiger partial charge in [-0.1, -0.05) is 0 Å². The molecule has 2 bridgehead atoms. The quantitative estimate of drug-likeness (QED) is 0.627. The van der Waals surface area contributed by atoms with Crippen molar-refractivity contribution in [2.24, 2.45) is 5.92 Å². The Bertz CT molecular complexity index is 1170. The van der Waals surface area contributed by atoms with Gasteiger partial charge in [0.05, 0.1) is 30.3 Å².